The Balaban J connectivity index is 1.89. The van der Waals surface area contributed by atoms with Crippen molar-refractivity contribution in [2.45, 2.75) is 26.5 Å². The lowest BCUT2D eigenvalue weighted by molar-refractivity contribution is 0.162. The van der Waals surface area contributed by atoms with Crippen LogP contribution >= 0.6 is 11.6 Å². The number of aliphatic hydroxyl groups is 1. The lowest BCUT2D eigenvalue weighted by atomic mass is 10.0. The molecule has 0 fully saturated rings. The van der Waals surface area contributed by atoms with Crippen molar-refractivity contribution in [1.82, 2.24) is 24.5 Å². The fourth-order valence-electron chi connectivity index (χ4n) is 3.39. The summed E-state index contributed by atoms with van der Waals surface area (Å²) in [6.07, 6.45) is 4.10. The average molecular weight is 437 g/mol. The Morgan fingerprint density at radius 2 is 1.94 bits per heavy atom. The molecule has 1 atom stereocenters. The maximum atomic E-state index is 13.4. The summed E-state index contributed by atoms with van der Waals surface area (Å²) < 4.78 is 1.42. The van der Waals surface area contributed by atoms with E-state index in [1.807, 2.05) is 13.0 Å². The molecule has 4 aromatic rings. The Morgan fingerprint density at radius 1 is 1.13 bits per heavy atom. The molecule has 4 rings (SSSR count). The molecule has 0 aliphatic rings. The number of aliphatic hydroxyl groups excluding tert-OH is 1. The molecule has 8 nitrogen and oxygen atoms in total. The minimum atomic E-state index is -0.885. The molecule has 0 spiro atoms. The number of hydrogen-bond donors (Lipinski definition) is 2. The van der Waals surface area contributed by atoms with Crippen LogP contribution in [0.2, 0.25) is 5.02 Å². The van der Waals surface area contributed by atoms with Gasteiger partial charge in [0.1, 0.15) is 11.5 Å². The van der Waals surface area contributed by atoms with Gasteiger partial charge < -0.3 is 10.8 Å². The van der Waals surface area contributed by atoms with Crippen LogP contribution in [0.3, 0.4) is 0 Å². The summed E-state index contributed by atoms with van der Waals surface area (Å²) >= 11 is 6.59. The van der Waals surface area contributed by atoms with Gasteiger partial charge in [0, 0.05) is 46.0 Å². The van der Waals surface area contributed by atoms with Crippen LogP contribution in [0.15, 0.2) is 47.7 Å². The van der Waals surface area contributed by atoms with Crippen LogP contribution in [0.5, 0.6) is 0 Å². The second-order valence-corrected chi connectivity index (χ2v) is 7.71. The molecule has 9 heteroatoms. The fourth-order valence-corrected chi connectivity index (χ4v) is 3.67. The van der Waals surface area contributed by atoms with Crippen LogP contribution in [0.25, 0.3) is 33.4 Å². The van der Waals surface area contributed by atoms with Gasteiger partial charge in [-0.3, -0.25) is 14.3 Å². The van der Waals surface area contributed by atoms with Crippen LogP contribution in [0.1, 0.15) is 11.5 Å². The third-order valence-corrected chi connectivity index (χ3v) is 5.24. The first-order valence-electron chi connectivity index (χ1n) is 9.71. The predicted octanol–water partition coefficient (Wildman–Crippen LogP) is 2.51. The van der Waals surface area contributed by atoms with E-state index in [1.165, 1.54) is 4.57 Å². The summed E-state index contributed by atoms with van der Waals surface area (Å²) in [7, 11) is 0. The van der Waals surface area contributed by atoms with E-state index in [-0.39, 0.29) is 18.6 Å². The smallest absolute Gasteiger partial charge is 0.260 e. The predicted molar refractivity (Wildman–Crippen MR) is 120 cm³/mol. The van der Waals surface area contributed by atoms with Gasteiger partial charge in [0.05, 0.1) is 30.2 Å². The molecule has 0 bridgehead atoms. The Hall–Kier alpha value is -3.20. The van der Waals surface area contributed by atoms with E-state index in [9.17, 15) is 9.90 Å². The summed E-state index contributed by atoms with van der Waals surface area (Å²) in [5.74, 6) is 0.525. The first kappa shape index (κ1) is 21.0. The van der Waals surface area contributed by atoms with Crippen molar-refractivity contribution >= 4 is 22.6 Å². The minimum Gasteiger partial charge on any atom is -0.390 e. The van der Waals surface area contributed by atoms with E-state index in [2.05, 4.69) is 19.9 Å². The Labute approximate surface area is 183 Å². The molecule has 3 aromatic heterocycles. The van der Waals surface area contributed by atoms with Gasteiger partial charge in [0.2, 0.25) is 0 Å². The van der Waals surface area contributed by atoms with Crippen molar-refractivity contribution in [1.29, 1.82) is 0 Å². The highest BCUT2D eigenvalue weighted by atomic mass is 35.5. The quantitative estimate of drug-likeness (QED) is 0.493. The lowest BCUT2D eigenvalue weighted by Gasteiger charge is -2.16. The van der Waals surface area contributed by atoms with E-state index < -0.39 is 6.10 Å². The normalized spacial score (nSPS) is 12.3. The summed E-state index contributed by atoms with van der Waals surface area (Å²) in [6, 6.07) is 7.10. The van der Waals surface area contributed by atoms with E-state index in [4.69, 9.17) is 17.3 Å². The first-order chi connectivity index (χ1) is 14.9. The monoisotopic (exact) mass is 436 g/mol. The molecule has 0 saturated heterocycles. The minimum absolute atomic E-state index is 0.0186. The van der Waals surface area contributed by atoms with Crippen LogP contribution in [0, 0.1) is 13.8 Å². The van der Waals surface area contributed by atoms with Crippen molar-refractivity contribution in [3.8, 4) is 22.4 Å². The number of aryl methyl sites for hydroxylation is 2. The van der Waals surface area contributed by atoms with Crippen molar-refractivity contribution in [3.05, 3.63) is 69.8 Å². The molecule has 1 unspecified atom stereocenters. The number of nitrogens with two attached hydrogens (primary N) is 1. The zero-order valence-corrected chi connectivity index (χ0v) is 17.8. The van der Waals surface area contributed by atoms with Gasteiger partial charge in [0.15, 0.2) is 0 Å². The second-order valence-electron chi connectivity index (χ2n) is 7.30. The van der Waals surface area contributed by atoms with E-state index in [0.29, 0.717) is 38.7 Å². The van der Waals surface area contributed by atoms with Crippen molar-refractivity contribution < 1.29 is 5.11 Å². The molecule has 3 heterocycles. The Bertz CT molecular complexity index is 1340. The topological polar surface area (TPSA) is 120 Å². The molecule has 0 aliphatic carbocycles. The van der Waals surface area contributed by atoms with Gasteiger partial charge in [-0.05, 0) is 26.0 Å². The molecular formula is C22H21ClN6O2. The Morgan fingerprint density at radius 3 is 2.65 bits per heavy atom. The first-order valence-corrected chi connectivity index (χ1v) is 10.1. The van der Waals surface area contributed by atoms with Gasteiger partial charge >= 0.3 is 0 Å². The van der Waals surface area contributed by atoms with Crippen molar-refractivity contribution in [3.63, 3.8) is 0 Å². The SMILES string of the molecule is Cc1cncc(-c2ccc(-c3cc4cnc(C)nc4n(CC(O)CN)c3=O)c(Cl)c2)n1. The maximum Gasteiger partial charge on any atom is 0.260 e. The van der Waals surface area contributed by atoms with Gasteiger partial charge in [-0.2, -0.15) is 0 Å². The molecule has 0 aliphatic heterocycles. The fraction of sp³-hybridized carbons (Fsp3) is 0.227. The molecule has 0 amide bonds. The van der Waals surface area contributed by atoms with Crippen molar-refractivity contribution in [2.75, 3.05) is 6.54 Å². The Kier molecular flexibility index (Phi) is 5.77. The van der Waals surface area contributed by atoms with Crippen LogP contribution < -0.4 is 11.3 Å². The number of pyridine rings is 1. The van der Waals surface area contributed by atoms with E-state index >= 15 is 0 Å². The zero-order valence-electron chi connectivity index (χ0n) is 17.1. The average Bonchev–Trinajstić information content (AvgIpc) is 2.75. The van der Waals surface area contributed by atoms with Gasteiger partial charge in [0.25, 0.3) is 5.56 Å². The highest BCUT2D eigenvalue weighted by Gasteiger charge is 2.17. The summed E-state index contributed by atoms with van der Waals surface area (Å²) in [5.41, 5.74) is 8.93. The zero-order chi connectivity index (χ0) is 22.1. The van der Waals surface area contributed by atoms with Gasteiger partial charge in [-0.15, -0.1) is 0 Å². The molecule has 3 N–H and O–H groups in total. The molecule has 158 valence electrons. The van der Waals surface area contributed by atoms with Crippen LogP contribution in [-0.4, -0.2) is 42.3 Å². The van der Waals surface area contributed by atoms with Crippen LogP contribution in [0.4, 0.5) is 0 Å². The number of hydrogen-bond acceptors (Lipinski definition) is 7. The summed E-state index contributed by atoms with van der Waals surface area (Å²) in [5, 5.41) is 11.2. The highest BCUT2D eigenvalue weighted by Crippen LogP contribution is 2.31. The van der Waals surface area contributed by atoms with E-state index in [0.717, 1.165) is 11.3 Å². The number of benzene rings is 1. The van der Waals surface area contributed by atoms with Crippen molar-refractivity contribution in [2.24, 2.45) is 5.73 Å². The van der Waals surface area contributed by atoms with Crippen LogP contribution in [-0.2, 0) is 6.54 Å². The number of fused-ring (bicyclic) bond motifs is 1. The lowest BCUT2D eigenvalue weighted by Crippen LogP contribution is -2.32. The number of rotatable bonds is 5. The summed E-state index contributed by atoms with van der Waals surface area (Å²) in [4.78, 5) is 30.6. The molecule has 31 heavy (non-hydrogen) atoms. The standard InChI is InChI=1S/C22H21ClN6O2/c1-12-8-25-10-20(27-12)14-3-4-17(19(23)6-14)18-5-15-9-26-13(2)28-21(15)29(22(18)31)11-16(30)7-24/h3-6,8-10,16,30H,7,11,24H2,1-2H3. The largest absolute Gasteiger partial charge is 0.390 e. The maximum absolute atomic E-state index is 13.4. The number of nitrogens with zero attached hydrogens (tertiary/aromatic N) is 5. The molecular weight excluding hydrogens is 416 g/mol. The number of halogens is 1. The molecule has 0 radical (unpaired) electrons. The highest BCUT2D eigenvalue weighted by molar-refractivity contribution is 6.33. The molecule has 1 aromatic carbocycles. The summed E-state index contributed by atoms with van der Waals surface area (Å²) in [6.45, 7) is 3.65. The van der Waals surface area contributed by atoms with Gasteiger partial charge in [-0.1, -0.05) is 23.7 Å². The third-order valence-electron chi connectivity index (χ3n) is 4.92. The van der Waals surface area contributed by atoms with E-state index in [1.54, 1.807) is 43.7 Å². The second kappa shape index (κ2) is 8.50. The third kappa shape index (κ3) is 4.18. The van der Waals surface area contributed by atoms with Gasteiger partial charge in [-0.25, -0.2) is 15.0 Å². The molecule has 0 saturated carbocycles. The number of aromatic nitrogens is 5.